The third-order valence-corrected chi connectivity index (χ3v) is 7.68. The number of carbonyl (C=O) groups excluding carboxylic acids is 3. The Balaban J connectivity index is 1.23. The monoisotopic (exact) mass is 499 g/mol. The lowest BCUT2D eigenvalue weighted by molar-refractivity contribution is -0.133. The maximum Gasteiger partial charge on any atom is 0.255 e. The Hall–Kier alpha value is -3.78. The van der Waals surface area contributed by atoms with Gasteiger partial charge in [-0.3, -0.25) is 24.3 Å². The molecule has 37 heavy (non-hydrogen) atoms. The van der Waals surface area contributed by atoms with E-state index in [-0.39, 0.29) is 23.8 Å². The molecule has 192 valence electrons. The van der Waals surface area contributed by atoms with Gasteiger partial charge in [0.25, 0.3) is 5.91 Å². The lowest BCUT2D eigenvalue weighted by atomic mass is 9.82. The first-order valence-electron chi connectivity index (χ1n) is 13.0. The van der Waals surface area contributed by atoms with Crippen molar-refractivity contribution in [1.29, 1.82) is 0 Å². The molecule has 0 bridgehead atoms. The highest BCUT2D eigenvalue weighted by molar-refractivity contribution is 5.97. The third kappa shape index (κ3) is 5.49. The molecule has 0 unspecified atom stereocenters. The van der Waals surface area contributed by atoms with E-state index in [4.69, 9.17) is 5.73 Å². The van der Waals surface area contributed by atoms with Gasteiger partial charge >= 0.3 is 0 Å². The fourth-order valence-electron chi connectivity index (χ4n) is 5.69. The summed E-state index contributed by atoms with van der Waals surface area (Å²) in [6.07, 6.45) is 5.40. The quantitative estimate of drug-likeness (QED) is 0.542. The Bertz CT molecular complexity index is 1270. The van der Waals surface area contributed by atoms with E-state index in [0.29, 0.717) is 37.3 Å². The highest BCUT2D eigenvalue weighted by Crippen LogP contribution is 2.30. The molecule has 1 aromatic heterocycles. The van der Waals surface area contributed by atoms with Crippen LogP contribution in [0.25, 0.3) is 10.9 Å². The highest BCUT2D eigenvalue weighted by Gasteiger charge is 2.38. The van der Waals surface area contributed by atoms with Crippen LogP contribution in [-0.2, 0) is 9.59 Å². The van der Waals surface area contributed by atoms with Crippen LogP contribution >= 0.6 is 0 Å². The van der Waals surface area contributed by atoms with Crippen molar-refractivity contribution in [2.45, 2.75) is 37.8 Å². The first-order valence-corrected chi connectivity index (χ1v) is 13.0. The summed E-state index contributed by atoms with van der Waals surface area (Å²) >= 11 is 0. The van der Waals surface area contributed by atoms with Crippen molar-refractivity contribution in [3.8, 4) is 0 Å². The number of hydrogen-bond donors (Lipinski definition) is 2. The Morgan fingerprint density at radius 2 is 1.62 bits per heavy atom. The minimum atomic E-state index is -0.846. The number of piperazine rings is 1. The largest absolute Gasteiger partial charge is 0.368 e. The van der Waals surface area contributed by atoms with Crippen LogP contribution in [0, 0.1) is 5.92 Å². The zero-order valence-electron chi connectivity index (χ0n) is 20.9. The van der Waals surface area contributed by atoms with Crippen molar-refractivity contribution in [1.82, 2.24) is 20.1 Å². The Morgan fingerprint density at radius 1 is 0.919 bits per heavy atom. The SMILES string of the molecule is NC(=O)[C@@H](NC(=O)[C@@H]1CCCC[C@H]1N1CCN(C(=O)c2cnc3ccccc3c2)CC1)c1ccccc1. The van der Waals surface area contributed by atoms with Crippen LogP contribution < -0.4 is 11.1 Å². The number of nitrogens with one attached hydrogen (secondary N) is 1. The average molecular weight is 500 g/mol. The van der Waals surface area contributed by atoms with Crippen molar-refractivity contribution in [2.75, 3.05) is 26.2 Å². The minimum Gasteiger partial charge on any atom is -0.368 e. The van der Waals surface area contributed by atoms with Gasteiger partial charge in [-0.2, -0.15) is 0 Å². The number of aromatic nitrogens is 1. The number of para-hydroxylation sites is 1. The van der Waals surface area contributed by atoms with Gasteiger partial charge < -0.3 is 16.0 Å². The summed E-state index contributed by atoms with van der Waals surface area (Å²) in [5, 5.41) is 3.87. The fraction of sp³-hybridized carbons (Fsp3) is 0.379. The fourth-order valence-corrected chi connectivity index (χ4v) is 5.69. The third-order valence-electron chi connectivity index (χ3n) is 7.68. The molecule has 3 amide bonds. The van der Waals surface area contributed by atoms with Crippen molar-refractivity contribution in [2.24, 2.45) is 11.7 Å². The van der Waals surface area contributed by atoms with E-state index in [1.807, 2.05) is 53.4 Å². The number of benzene rings is 2. The summed E-state index contributed by atoms with van der Waals surface area (Å²) in [4.78, 5) is 47.4. The van der Waals surface area contributed by atoms with Crippen LogP contribution in [0.4, 0.5) is 0 Å². The number of nitrogens with zero attached hydrogens (tertiary/aromatic N) is 3. The second kappa shape index (κ2) is 11.1. The van der Waals surface area contributed by atoms with E-state index >= 15 is 0 Å². The Kier molecular flexibility index (Phi) is 7.46. The Labute approximate surface area is 216 Å². The zero-order valence-corrected chi connectivity index (χ0v) is 20.9. The van der Waals surface area contributed by atoms with Gasteiger partial charge in [-0.25, -0.2) is 0 Å². The molecule has 2 aromatic carbocycles. The van der Waals surface area contributed by atoms with Crippen LogP contribution in [0.2, 0.25) is 0 Å². The van der Waals surface area contributed by atoms with Crippen molar-refractivity contribution in [3.05, 3.63) is 78.0 Å². The van der Waals surface area contributed by atoms with E-state index < -0.39 is 11.9 Å². The smallest absolute Gasteiger partial charge is 0.255 e. The number of hydrogen-bond acceptors (Lipinski definition) is 5. The number of primary amides is 1. The van der Waals surface area contributed by atoms with Gasteiger partial charge in [-0.15, -0.1) is 0 Å². The molecule has 1 saturated carbocycles. The number of nitrogens with two attached hydrogens (primary N) is 1. The maximum absolute atomic E-state index is 13.4. The average Bonchev–Trinajstić information content (AvgIpc) is 2.95. The maximum atomic E-state index is 13.4. The van der Waals surface area contributed by atoms with Crippen LogP contribution in [0.1, 0.15) is 47.6 Å². The number of amides is 3. The highest BCUT2D eigenvalue weighted by atomic mass is 16.2. The number of pyridine rings is 1. The molecular weight excluding hydrogens is 466 g/mol. The Morgan fingerprint density at radius 3 is 2.38 bits per heavy atom. The van der Waals surface area contributed by atoms with Gasteiger partial charge in [0.15, 0.2) is 0 Å². The molecule has 2 aliphatic rings. The first-order chi connectivity index (χ1) is 18.0. The second-order valence-corrected chi connectivity index (χ2v) is 9.96. The lowest BCUT2D eigenvalue weighted by Gasteiger charge is -2.43. The molecule has 2 heterocycles. The molecule has 3 atom stereocenters. The predicted octanol–water partition coefficient (Wildman–Crippen LogP) is 2.89. The van der Waals surface area contributed by atoms with Gasteiger partial charge in [0.2, 0.25) is 11.8 Å². The number of rotatable bonds is 6. The topological polar surface area (TPSA) is 109 Å². The molecule has 8 heteroatoms. The van der Waals surface area contributed by atoms with E-state index in [0.717, 1.165) is 36.6 Å². The molecule has 1 saturated heterocycles. The van der Waals surface area contributed by atoms with E-state index in [1.165, 1.54) is 0 Å². The molecule has 8 nitrogen and oxygen atoms in total. The molecule has 0 spiro atoms. The summed E-state index contributed by atoms with van der Waals surface area (Å²) in [6.45, 7) is 2.62. The van der Waals surface area contributed by atoms with Crippen LogP contribution in [0.5, 0.6) is 0 Å². The van der Waals surface area contributed by atoms with Crippen LogP contribution in [0.15, 0.2) is 66.9 Å². The summed E-state index contributed by atoms with van der Waals surface area (Å²) in [7, 11) is 0. The molecule has 5 rings (SSSR count). The van der Waals surface area contributed by atoms with Gasteiger partial charge in [0, 0.05) is 43.8 Å². The van der Waals surface area contributed by atoms with E-state index in [2.05, 4.69) is 15.2 Å². The normalized spacial score (nSPS) is 21.4. The van der Waals surface area contributed by atoms with Crippen LogP contribution in [-0.4, -0.2) is 64.7 Å². The summed E-state index contributed by atoms with van der Waals surface area (Å²) in [5.74, 6) is -0.922. The predicted molar refractivity (Wildman–Crippen MR) is 141 cm³/mol. The summed E-state index contributed by atoms with van der Waals surface area (Å²) in [6, 6.07) is 18.0. The molecule has 3 aromatic rings. The number of carbonyl (C=O) groups is 3. The van der Waals surface area contributed by atoms with Crippen molar-refractivity contribution >= 4 is 28.6 Å². The van der Waals surface area contributed by atoms with Gasteiger partial charge in [0.1, 0.15) is 6.04 Å². The van der Waals surface area contributed by atoms with E-state index in [9.17, 15) is 14.4 Å². The molecule has 0 radical (unpaired) electrons. The van der Waals surface area contributed by atoms with Crippen LogP contribution in [0.3, 0.4) is 0 Å². The zero-order chi connectivity index (χ0) is 25.8. The standard InChI is InChI=1S/C29H33N5O3/c30-27(35)26(20-8-2-1-3-9-20)32-28(36)23-11-5-7-13-25(23)33-14-16-34(17-15-33)29(37)22-18-21-10-4-6-12-24(21)31-19-22/h1-4,6,8-10,12,18-19,23,25-26H,5,7,11,13-17H2,(H2,30,35)(H,32,36)/t23-,25-,26+/m1/s1. The first kappa shape index (κ1) is 24.9. The lowest BCUT2D eigenvalue weighted by Crippen LogP contribution is -2.56. The van der Waals surface area contributed by atoms with Crippen molar-refractivity contribution in [3.63, 3.8) is 0 Å². The molecular formula is C29H33N5O3. The van der Waals surface area contributed by atoms with Crippen molar-refractivity contribution < 1.29 is 14.4 Å². The summed E-state index contributed by atoms with van der Waals surface area (Å²) in [5.41, 5.74) is 7.80. The molecule has 1 aliphatic carbocycles. The van der Waals surface area contributed by atoms with Gasteiger partial charge in [0.05, 0.1) is 17.0 Å². The molecule has 1 aliphatic heterocycles. The van der Waals surface area contributed by atoms with E-state index in [1.54, 1.807) is 18.3 Å². The number of fused-ring (bicyclic) bond motifs is 1. The molecule has 3 N–H and O–H groups in total. The second-order valence-electron chi connectivity index (χ2n) is 9.96. The summed E-state index contributed by atoms with van der Waals surface area (Å²) < 4.78 is 0. The minimum absolute atomic E-state index is 0.0111. The molecule has 2 fully saturated rings. The van der Waals surface area contributed by atoms with Gasteiger partial charge in [-0.1, -0.05) is 61.4 Å². The van der Waals surface area contributed by atoms with Gasteiger partial charge in [-0.05, 0) is 30.5 Å².